The Balaban J connectivity index is 0. The second-order valence-electron chi connectivity index (χ2n) is 8.07. The maximum atomic E-state index is 12.4. The van der Waals surface area contributed by atoms with Gasteiger partial charge < -0.3 is 9.47 Å². The molecule has 29 heavy (non-hydrogen) atoms. The third kappa shape index (κ3) is 7.56. The summed E-state index contributed by atoms with van der Waals surface area (Å²) in [5.74, 6) is 1.90. The van der Waals surface area contributed by atoms with E-state index < -0.39 is 6.36 Å². The molecule has 2 aliphatic rings. The molecule has 0 aromatic heterocycles. The lowest BCUT2D eigenvalue weighted by atomic mass is 9.69. The van der Waals surface area contributed by atoms with E-state index in [9.17, 15) is 18.0 Å². The number of halogens is 3. The highest BCUT2D eigenvalue weighted by molar-refractivity contribution is 5.75. The largest absolute Gasteiger partial charge is 0.573 e. The second kappa shape index (κ2) is 10.9. The molecule has 0 bridgehead atoms. The van der Waals surface area contributed by atoms with Gasteiger partial charge in [0.05, 0.1) is 5.92 Å². The number of carbonyl (C=O) groups excluding carboxylic acids is 1. The Morgan fingerprint density at radius 1 is 0.862 bits per heavy atom. The third-order valence-corrected chi connectivity index (χ3v) is 6.11. The van der Waals surface area contributed by atoms with Gasteiger partial charge >= 0.3 is 12.3 Å². The Hall–Kier alpha value is -1.72. The number of hydrogen-bond acceptors (Lipinski definition) is 3. The highest BCUT2D eigenvalue weighted by atomic mass is 19.4. The first kappa shape index (κ1) is 25.3. The smallest absolute Gasteiger partial charge is 0.426 e. The van der Waals surface area contributed by atoms with Gasteiger partial charge in [0.25, 0.3) is 0 Å². The van der Waals surface area contributed by atoms with E-state index in [1.807, 2.05) is 0 Å². The summed E-state index contributed by atoms with van der Waals surface area (Å²) in [6, 6.07) is 4.95. The van der Waals surface area contributed by atoms with Crippen molar-refractivity contribution in [2.75, 3.05) is 0 Å². The zero-order valence-electron chi connectivity index (χ0n) is 15.6. The average Bonchev–Trinajstić information content (AvgIpc) is 2.63. The van der Waals surface area contributed by atoms with E-state index in [2.05, 4.69) is 11.7 Å². The van der Waals surface area contributed by atoms with Crippen molar-refractivity contribution in [2.24, 2.45) is 23.7 Å². The Morgan fingerprint density at radius 3 is 1.79 bits per heavy atom. The molecule has 0 amide bonds. The molecular formula is C23H39F3O3. The standard InChI is InChI=1S/C21H27F3O3.2CH4.2H2/c1-14-2-4-15(5-3-14)16-6-8-17(9-7-16)20(25)26-18-10-12-19(13-11-18)27-21(22,23)24;;;;/h10-17H,2-9H2,1H3;2*1H4;2*1H. The van der Waals surface area contributed by atoms with Crippen LogP contribution in [-0.2, 0) is 4.79 Å². The molecule has 3 rings (SSSR count). The van der Waals surface area contributed by atoms with Crippen LogP contribution in [0.3, 0.4) is 0 Å². The lowest BCUT2D eigenvalue weighted by molar-refractivity contribution is -0.274. The van der Waals surface area contributed by atoms with Gasteiger partial charge in [0.15, 0.2) is 0 Å². The zero-order chi connectivity index (χ0) is 19.4. The number of carbonyl (C=O) groups is 1. The molecule has 3 nitrogen and oxygen atoms in total. The summed E-state index contributed by atoms with van der Waals surface area (Å²) in [6.45, 7) is 2.32. The maximum Gasteiger partial charge on any atom is 0.573 e. The van der Waals surface area contributed by atoms with Crippen molar-refractivity contribution >= 4 is 5.97 Å². The van der Waals surface area contributed by atoms with E-state index in [1.165, 1.54) is 37.8 Å². The molecule has 0 unspecified atom stereocenters. The van der Waals surface area contributed by atoms with E-state index in [0.717, 1.165) is 55.6 Å². The minimum atomic E-state index is -4.73. The topological polar surface area (TPSA) is 35.5 Å². The van der Waals surface area contributed by atoms with Gasteiger partial charge in [0.2, 0.25) is 0 Å². The van der Waals surface area contributed by atoms with Crippen molar-refractivity contribution in [1.82, 2.24) is 0 Å². The minimum absolute atomic E-state index is 0. The first-order valence-corrected chi connectivity index (χ1v) is 9.87. The fourth-order valence-electron chi connectivity index (χ4n) is 4.49. The zero-order valence-corrected chi connectivity index (χ0v) is 15.6. The molecule has 0 heterocycles. The van der Waals surface area contributed by atoms with Crippen LogP contribution in [0.25, 0.3) is 0 Å². The number of alkyl halides is 3. The van der Waals surface area contributed by atoms with Crippen LogP contribution in [0, 0.1) is 23.7 Å². The van der Waals surface area contributed by atoms with E-state index in [1.54, 1.807) is 0 Å². The van der Waals surface area contributed by atoms with Crippen LogP contribution >= 0.6 is 0 Å². The summed E-state index contributed by atoms with van der Waals surface area (Å²) in [5, 5.41) is 0. The minimum Gasteiger partial charge on any atom is -0.426 e. The molecule has 0 spiro atoms. The number of esters is 1. The normalized spacial score (nSPS) is 27.2. The average molecular weight is 421 g/mol. The van der Waals surface area contributed by atoms with Crippen LogP contribution in [0.2, 0.25) is 0 Å². The molecule has 0 aliphatic heterocycles. The van der Waals surface area contributed by atoms with Crippen LogP contribution < -0.4 is 9.47 Å². The molecule has 2 saturated carbocycles. The number of rotatable bonds is 4. The predicted octanol–water partition coefficient (Wildman–Crippen LogP) is 7.89. The van der Waals surface area contributed by atoms with E-state index in [-0.39, 0.29) is 41.1 Å². The predicted molar refractivity (Wildman–Crippen MR) is 113 cm³/mol. The number of ether oxygens (including phenoxy) is 2. The first-order valence-electron chi connectivity index (χ1n) is 9.87. The Labute approximate surface area is 175 Å². The summed E-state index contributed by atoms with van der Waals surface area (Å²) in [5.41, 5.74) is 0. The molecule has 2 aliphatic carbocycles. The van der Waals surface area contributed by atoms with E-state index in [0.29, 0.717) is 0 Å². The third-order valence-electron chi connectivity index (χ3n) is 6.11. The molecule has 170 valence electrons. The molecule has 0 radical (unpaired) electrons. The summed E-state index contributed by atoms with van der Waals surface area (Å²) >= 11 is 0. The van der Waals surface area contributed by atoms with Gasteiger partial charge in [0, 0.05) is 2.85 Å². The van der Waals surface area contributed by atoms with Crippen molar-refractivity contribution in [3.63, 3.8) is 0 Å². The van der Waals surface area contributed by atoms with E-state index in [4.69, 9.17) is 4.74 Å². The molecule has 1 aromatic rings. The van der Waals surface area contributed by atoms with Crippen molar-refractivity contribution in [3.05, 3.63) is 24.3 Å². The molecule has 0 N–H and O–H groups in total. The molecular weight excluding hydrogens is 381 g/mol. The Kier molecular flexibility index (Phi) is 9.50. The lowest BCUT2D eigenvalue weighted by Crippen LogP contribution is -2.29. The molecule has 1 aromatic carbocycles. The highest BCUT2D eigenvalue weighted by Gasteiger charge is 2.33. The summed E-state index contributed by atoms with van der Waals surface area (Å²) in [6.07, 6.45) is 4.35. The molecule has 6 heteroatoms. The summed E-state index contributed by atoms with van der Waals surface area (Å²) in [7, 11) is 0. The van der Waals surface area contributed by atoms with Crippen molar-refractivity contribution in [1.29, 1.82) is 0 Å². The lowest BCUT2D eigenvalue weighted by Gasteiger charge is -2.36. The van der Waals surface area contributed by atoms with Crippen molar-refractivity contribution < 1.29 is 30.3 Å². The van der Waals surface area contributed by atoms with Crippen LogP contribution in [0.1, 0.15) is 76.0 Å². The summed E-state index contributed by atoms with van der Waals surface area (Å²) in [4.78, 5) is 12.4. The van der Waals surface area contributed by atoms with Crippen LogP contribution in [0.5, 0.6) is 11.5 Å². The monoisotopic (exact) mass is 420 g/mol. The molecule has 0 saturated heterocycles. The van der Waals surface area contributed by atoms with Gasteiger partial charge in [-0.25, -0.2) is 0 Å². The fourth-order valence-corrected chi connectivity index (χ4v) is 4.49. The van der Waals surface area contributed by atoms with Gasteiger partial charge in [-0.1, -0.05) is 34.6 Å². The summed E-state index contributed by atoms with van der Waals surface area (Å²) < 4.78 is 45.7. The van der Waals surface area contributed by atoms with Gasteiger partial charge in [-0.3, -0.25) is 4.79 Å². The van der Waals surface area contributed by atoms with Crippen LogP contribution in [-0.4, -0.2) is 12.3 Å². The number of hydrogen-bond donors (Lipinski definition) is 0. The van der Waals surface area contributed by atoms with Crippen LogP contribution in [0.15, 0.2) is 24.3 Å². The Morgan fingerprint density at radius 2 is 1.31 bits per heavy atom. The van der Waals surface area contributed by atoms with Crippen molar-refractivity contribution in [2.45, 2.75) is 79.5 Å². The van der Waals surface area contributed by atoms with Gasteiger partial charge in [-0.05, 0) is 80.5 Å². The highest BCUT2D eigenvalue weighted by Crippen LogP contribution is 2.41. The SMILES string of the molecule is C.C.CC1CCC(C2CCC(C(=O)Oc3ccc(OC(F)(F)F)cc3)CC2)CC1.[HH].[HH]. The van der Waals surface area contributed by atoms with Gasteiger partial charge in [0.1, 0.15) is 11.5 Å². The maximum absolute atomic E-state index is 12.4. The quantitative estimate of drug-likeness (QED) is 0.367. The van der Waals surface area contributed by atoms with Crippen LogP contribution in [0.4, 0.5) is 13.2 Å². The van der Waals surface area contributed by atoms with Gasteiger partial charge in [-0.15, -0.1) is 13.2 Å². The first-order chi connectivity index (χ1) is 12.8. The van der Waals surface area contributed by atoms with E-state index >= 15 is 0 Å². The molecule has 0 atom stereocenters. The fraction of sp³-hybridized carbons (Fsp3) is 0.696. The number of benzene rings is 1. The van der Waals surface area contributed by atoms with Gasteiger partial charge in [-0.2, -0.15) is 0 Å². The van der Waals surface area contributed by atoms with Crippen molar-refractivity contribution in [3.8, 4) is 11.5 Å². The molecule has 2 fully saturated rings. The Bertz CT molecular complexity index is 622. The second-order valence-corrected chi connectivity index (χ2v) is 8.07.